The lowest BCUT2D eigenvalue weighted by Crippen LogP contribution is -2.47. The SMILES string of the molecule is O=C(CN(CC(=O)NCCc1ccc(F)cc1)C(=O)c1cccc(C(=O)N(CC(=O)NCCCC[C@H](NC(=O)OCc2ccc(C(F)(F)F)cc2)C(=O)O)CC(=O)NCCc2ccc(F)cc2)c1)NCCCC[C@H](NC(=O)OCc1ccc(C(F)(F)F)cc1)C(=O)O. The van der Waals surface area contributed by atoms with Crippen LogP contribution < -0.4 is 31.9 Å². The van der Waals surface area contributed by atoms with Gasteiger partial charge in [0.25, 0.3) is 11.8 Å². The van der Waals surface area contributed by atoms with E-state index in [2.05, 4.69) is 31.9 Å². The van der Waals surface area contributed by atoms with Crippen LogP contribution in [0.2, 0.25) is 0 Å². The van der Waals surface area contributed by atoms with Crippen molar-refractivity contribution in [2.24, 2.45) is 0 Å². The van der Waals surface area contributed by atoms with Gasteiger partial charge < -0.3 is 61.4 Å². The summed E-state index contributed by atoms with van der Waals surface area (Å²) in [6, 6.07) is 20.4. The number of aliphatic carboxylic acids is 2. The van der Waals surface area contributed by atoms with Gasteiger partial charge in [0.15, 0.2) is 0 Å². The molecule has 30 heteroatoms. The molecule has 22 nitrogen and oxygen atoms in total. The van der Waals surface area contributed by atoms with Crippen molar-refractivity contribution in [3.63, 3.8) is 0 Å². The molecule has 0 aliphatic heterocycles. The second-order valence-electron chi connectivity index (χ2n) is 20.7. The molecule has 5 aromatic rings. The second kappa shape index (κ2) is 35.9. The van der Waals surface area contributed by atoms with E-state index in [9.17, 15) is 93.3 Å². The van der Waals surface area contributed by atoms with Gasteiger partial charge in [-0.25, -0.2) is 28.0 Å². The number of halogens is 8. The fraction of sp³-hybridized carbons (Fsp3) is 0.355. The van der Waals surface area contributed by atoms with E-state index in [1.165, 1.54) is 66.7 Å². The zero-order valence-corrected chi connectivity index (χ0v) is 49.1. The Kier molecular flexibility index (Phi) is 28.3. The highest BCUT2D eigenvalue weighted by Gasteiger charge is 2.32. The Labute approximate surface area is 521 Å². The molecule has 0 heterocycles. The molecule has 0 aliphatic carbocycles. The molecule has 5 rings (SSSR count). The maximum Gasteiger partial charge on any atom is 0.416 e. The Hall–Kier alpha value is -10.2. The average Bonchev–Trinajstić information content (AvgIpc) is 0.979. The topological polar surface area (TPSA) is 308 Å². The van der Waals surface area contributed by atoms with Crippen molar-refractivity contribution >= 4 is 59.6 Å². The summed E-state index contributed by atoms with van der Waals surface area (Å²) in [5, 5.41) is 34.1. The van der Waals surface area contributed by atoms with Crippen LogP contribution in [0.1, 0.15) is 92.6 Å². The van der Waals surface area contributed by atoms with E-state index in [0.717, 1.165) is 64.4 Å². The van der Waals surface area contributed by atoms with Crippen LogP contribution in [0.5, 0.6) is 0 Å². The third kappa shape index (κ3) is 26.1. The van der Waals surface area contributed by atoms with Gasteiger partial charge in [0, 0.05) is 37.3 Å². The van der Waals surface area contributed by atoms with Crippen molar-refractivity contribution in [2.75, 3.05) is 52.4 Å². The average molecular weight is 1300 g/mol. The molecule has 494 valence electrons. The molecule has 0 saturated carbocycles. The van der Waals surface area contributed by atoms with Gasteiger partial charge in [-0.3, -0.25) is 28.8 Å². The number of benzene rings is 5. The van der Waals surface area contributed by atoms with Gasteiger partial charge in [-0.05, 0) is 140 Å². The number of carbonyl (C=O) groups is 10. The molecule has 0 aromatic heterocycles. The van der Waals surface area contributed by atoms with Gasteiger partial charge in [0.05, 0.1) is 11.1 Å². The number of nitrogens with zero attached hydrogens (tertiary/aromatic N) is 2. The number of alkyl halides is 6. The summed E-state index contributed by atoms with van der Waals surface area (Å²) in [5.74, 6) is -8.76. The van der Waals surface area contributed by atoms with Crippen LogP contribution in [0.3, 0.4) is 0 Å². The largest absolute Gasteiger partial charge is 0.480 e. The number of alkyl carbamates (subject to hydrolysis) is 2. The highest BCUT2D eigenvalue weighted by Crippen LogP contribution is 2.30. The Morgan fingerprint density at radius 1 is 0.424 bits per heavy atom. The Morgan fingerprint density at radius 3 is 1.05 bits per heavy atom. The predicted molar refractivity (Wildman–Crippen MR) is 311 cm³/mol. The molecule has 0 unspecified atom stereocenters. The molecule has 0 radical (unpaired) electrons. The first kappa shape index (κ1) is 72.6. The van der Waals surface area contributed by atoms with Gasteiger partial charge in [-0.1, -0.05) is 54.6 Å². The second-order valence-corrected chi connectivity index (χ2v) is 20.7. The number of hydrogen-bond acceptors (Lipinski definition) is 12. The molecule has 0 fully saturated rings. The van der Waals surface area contributed by atoms with E-state index in [1.54, 1.807) is 0 Å². The molecule has 92 heavy (non-hydrogen) atoms. The lowest BCUT2D eigenvalue weighted by molar-refractivity contribution is -0.140. The molecule has 8 amide bonds. The van der Waals surface area contributed by atoms with Crippen LogP contribution in [0.15, 0.2) is 121 Å². The summed E-state index contributed by atoms with van der Waals surface area (Å²) < 4.78 is 114. The smallest absolute Gasteiger partial charge is 0.416 e. The number of ether oxygens (including phenoxy) is 2. The summed E-state index contributed by atoms with van der Waals surface area (Å²) in [7, 11) is 0. The maximum absolute atomic E-state index is 14.3. The van der Waals surface area contributed by atoms with Gasteiger partial charge in [-0.15, -0.1) is 0 Å². The van der Waals surface area contributed by atoms with Crippen molar-refractivity contribution in [3.05, 3.63) is 177 Å². The maximum atomic E-state index is 14.3. The third-order valence-electron chi connectivity index (χ3n) is 13.5. The van der Waals surface area contributed by atoms with Crippen LogP contribution in [-0.2, 0) is 76.6 Å². The predicted octanol–water partition coefficient (Wildman–Crippen LogP) is 6.94. The van der Waals surface area contributed by atoms with Crippen LogP contribution in [0, 0.1) is 11.6 Å². The van der Waals surface area contributed by atoms with Gasteiger partial charge in [0.2, 0.25) is 23.6 Å². The molecular weight excluding hydrogens is 1230 g/mol. The van der Waals surface area contributed by atoms with Crippen LogP contribution >= 0.6 is 0 Å². The van der Waals surface area contributed by atoms with E-state index >= 15 is 0 Å². The van der Waals surface area contributed by atoms with Crippen molar-refractivity contribution < 1.29 is 103 Å². The van der Waals surface area contributed by atoms with E-state index in [-0.39, 0.29) is 99.8 Å². The normalized spacial score (nSPS) is 11.8. The van der Waals surface area contributed by atoms with Gasteiger partial charge in [-0.2, -0.15) is 26.3 Å². The van der Waals surface area contributed by atoms with Crippen LogP contribution in [-0.4, -0.2) is 144 Å². The monoisotopic (exact) mass is 1300 g/mol. The highest BCUT2D eigenvalue weighted by atomic mass is 19.4. The van der Waals surface area contributed by atoms with Crippen molar-refractivity contribution in [1.29, 1.82) is 0 Å². The first-order chi connectivity index (χ1) is 43.6. The van der Waals surface area contributed by atoms with Crippen molar-refractivity contribution in [1.82, 2.24) is 41.7 Å². The molecule has 0 aliphatic rings. The van der Waals surface area contributed by atoms with Gasteiger partial charge in [0.1, 0.15) is 63.1 Å². The Morgan fingerprint density at radius 2 is 0.739 bits per heavy atom. The lowest BCUT2D eigenvalue weighted by atomic mass is 10.1. The standard InChI is InChI=1S/C62H66F8N8O14/c63-47-22-14-39(15-23-47)26-30-73-53(81)35-77(33-51(79)71-28-3-1-8-49(57(85)86)75-59(89)91-37-41-10-18-45(19-11-41)61(65,66)67)55(83)43-6-5-7-44(32-43)56(84)78(36-54(82)74-31-27-40-16-24-48(64)25-17-40)34-52(80)72-29-4-2-9-50(58(87)88)76-60(90)92-38-42-12-20-46(21-13-42)62(68,69)70/h5-7,10-25,32,49-50H,1-4,8-9,26-31,33-38H2,(H,71,79)(H,72,80)(H,73,81)(H,74,82)(H,75,89)(H,76,90)(H,85,86)(H,87,88)/t49-,50-/m0/s1. The summed E-state index contributed by atoms with van der Waals surface area (Å²) in [6.45, 7) is -3.98. The number of carboxylic acid groups (broad SMARTS) is 2. The Balaban J connectivity index is 1.21. The number of amides is 8. The number of carboxylic acids is 2. The number of carbonyl (C=O) groups excluding carboxylic acids is 8. The zero-order valence-electron chi connectivity index (χ0n) is 49.1. The lowest BCUT2D eigenvalue weighted by Gasteiger charge is -2.24. The molecular formula is C62H66F8N8O14. The summed E-state index contributed by atoms with van der Waals surface area (Å²) >= 11 is 0. The van der Waals surface area contributed by atoms with E-state index in [4.69, 9.17) is 9.47 Å². The molecule has 0 spiro atoms. The minimum absolute atomic E-state index is 0.0248. The van der Waals surface area contributed by atoms with Gasteiger partial charge >= 0.3 is 36.5 Å². The first-order valence-corrected chi connectivity index (χ1v) is 28.5. The molecule has 0 bridgehead atoms. The molecule has 2 atom stereocenters. The van der Waals surface area contributed by atoms with E-state index in [1.807, 2.05) is 0 Å². The summed E-state index contributed by atoms with van der Waals surface area (Å²) in [6.07, 6.45) is -10.9. The third-order valence-corrected chi connectivity index (χ3v) is 13.5. The molecule has 0 saturated heterocycles. The van der Waals surface area contributed by atoms with E-state index in [0.29, 0.717) is 11.1 Å². The molecule has 8 N–H and O–H groups in total. The van der Waals surface area contributed by atoms with Crippen LogP contribution in [0.4, 0.5) is 44.7 Å². The minimum Gasteiger partial charge on any atom is -0.480 e. The van der Waals surface area contributed by atoms with Crippen LogP contribution in [0.25, 0.3) is 0 Å². The highest BCUT2D eigenvalue weighted by molar-refractivity contribution is 6.03. The fourth-order valence-corrected chi connectivity index (χ4v) is 8.62. The fourth-order valence-electron chi connectivity index (χ4n) is 8.62. The quantitative estimate of drug-likeness (QED) is 0.0153. The zero-order chi connectivity index (χ0) is 67.4. The van der Waals surface area contributed by atoms with Crippen molar-refractivity contribution in [2.45, 2.75) is 89.0 Å². The number of nitrogens with one attached hydrogen (secondary N) is 6. The number of rotatable bonds is 34. The summed E-state index contributed by atoms with van der Waals surface area (Å²) in [5.41, 5.74) is -0.585. The minimum atomic E-state index is -4.59. The first-order valence-electron chi connectivity index (χ1n) is 28.5. The van der Waals surface area contributed by atoms with E-state index < -0.39 is 146 Å². The van der Waals surface area contributed by atoms with Crippen molar-refractivity contribution in [3.8, 4) is 0 Å². The molecule has 5 aromatic carbocycles. The number of hydrogen-bond donors (Lipinski definition) is 8. The summed E-state index contributed by atoms with van der Waals surface area (Å²) in [4.78, 5) is 133. The Bertz CT molecular complexity index is 3110. The number of unbranched alkanes of at least 4 members (excludes halogenated alkanes) is 2.